The number of aliphatic hydroxyl groups excluding tert-OH is 2. The van der Waals surface area contributed by atoms with Crippen LogP contribution in [0.25, 0.3) is 0 Å². The van der Waals surface area contributed by atoms with Gasteiger partial charge in [0.15, 0.2) is 0 Å². The number of aliphatic hydroxyl groups is 2. The minimum atomic E-state index is -4.17. The van der Waals surface area contributed by atoms with Gasteiger partial charge in [-0.25, -0.2) is 5.14 Å². The maximum atomic E-state index is 8.97. The van der Waals surface area contributed by atoms with E-state index in [1.165, 1.54) is 0 Å². The molecule has 0 aromatic heterocycles. The summed E-state index contributed by atoms with van der Waals surface area (Å²) in [5, 5.41) is 20.2. The molecule has 0 fully saturated rings. The van der Waals surface area contributed by atoms with Crippen LogP contribution in [0.3, 0.4) is 0 Å². The molecule has 0 heterocycles. The van der Waals surface area contributed by atoms with Gasteiger partial charge < -0.3 is 10.2 Å². The van der Waals surface area contributed by atoms with E-state index in [1.807, 2.05) is 0 Å². The molecule has 0 amide bonds. The van der Waals surface area contributed by atoms with Gasteiger partial charge in [0.05, 0.1) is 26.4 Å². The molecular formula is C4H14N2O7S. The fourth-order valence-electron chi connectivity index (χ4n) is 0.216. The van der Waals surface area contributed by atoms with Crippen molar-refractivity contribution in [2.45, 2.75) is 0 Å². The maximum absolute atomic E-state index is 8.97. The highest BCUT2D eigenvalue weighted by Gasteiger charge is 1.83. The van der Waals surface area contributed by atoms with Crippen LogP contribution in [-0.4, -0.2) is 49.6 Å². The molecule has 0 saturated heterocycles. The molecule has 0 spiro atoms. The standard InChI is InChI=1S/C4H11NO4.H3NO3S/c6-1-3-8-5-9-4-2-7;1-5(2,3)4/h5-7H,1-4H2;(H3,1,2,3,4). The van der Waals surface area contributed by atoms with Gasteiger partial charge in [-0.3, -0.25) is 14.2 Å². The van der Waals surface area contributed by atoms with E-state index < -0.39 is 10.3 Å². The van der Waals surface area contributed by atoms with Gasteiger partial charge in [0.2, 0.25) is 0 Å². The molecule has 0 aromatic carbocycles. The van der Waals surface area contributed by atoms with E-state index in [0.29, 0.717) is 0 Å². The third-order valence-corrected chi connectivity index (χ3v) is 0.505. The van der Waals surface area contributed by atoms with Gasteiger partial charge in [0.25, 0.3) is 0 Å². The fourth-order valence-corrected chi connectivity index (χ4v) is 0.216. The van der Waals surface area contributed by atoms with Crippen molar-refractivity contribution in [3.8, 4) is 0 Å². The van der Waals surface area contributed by atoms with E-state index in [9.17, 15) is 0 Å². The van der Waals surface area contributed by atoms with Crippen molar-refractivity contribution >= 4 is 10.3 Å². The third-order valence-electron chi connectivity index (χ3n) is 0.505. The van der Waals surface area contributed by atoms with Crippen molar-refractivity contribution in [1.82, 2.24) is 5.64 Å². The Kier molecular flexibility index (Phi) is 12.4. The molecular weight excluding hydrogens is 220 g/mol. The first-order valence-electron chi connectivity index (χ1n) is 3.37. The summed E-state index contributed by atoms with van der Waals surface area (Å²) < 4.78 is 25.2. The van der Waals surface area contributed by atoms with Crippen molar-refractivity contribution < 1.29 is 32.9 Å². The summed E-state index contributed by atoms with van der Waals surface area (Å²) >= 11 is 0. The van der Waals surface area contributed by atoms with Crippen LogP contribution in [0.15, 0.2) is 0 Å². The Labute approximate surface area is 81.2 Å². The van der Waals surface area contributed by atoms with Crippen LogP contribution in [0.1, 0.15) is 0 Å². The summed E-state index contributed by atoms with van der Waals surface area (Å²) in [6, 6.07) is 0. The number of hydrogen-bond acceptors (Lipinski definition) is 7. The number of nitrogens with one attached hydrogen (secondary N) is 1. The highest BCUT2D eigenvalue weighted by atomic mass is 32.2. The average Bonchev–Trinajstić information content (AvgIpc) is 2.01. The first kappa shape index (κ1) is 16.1. The lowest BCUT2D eigenvalue weighted by atomic mass is 10.8. The van der Waals surface area contributed by atoms with Gasteiger partial charge in [-0.1, -0.05) is 5.64 Å². The summed E-state index contributed by atoms with van der Waals surface area (Å²) in [7, 11) is -4.17. The molecule has 0 aromatic rings. The molecule has 9 nitrogen and oxygen atoms in total. The second kappa shape index (κ2) is 10.7. The monoisotopic (exact) mass is 234 g/mol. The van der Waals surface area contributed by atoms with Crippen molar-refractivity contribution in [1.29, 1.82) is 0 Å². The molecule has 14 heavy (non-hydrogen) atoms. The Hall–Kier alpha value is -0.330. The van der Waals surface area contributed by atoms with Gasteiger partial charge in [-0.2, -0.15) is 8.42 Å². The van der Waals surface area contributed by atoms with Crippen LogP contribution in [0.4, 0.5) is 0 Å². The lowest BCUT2D eigenvalue weighted by Crippen LogP contribution is -2.19. The Balaban J connectivity index is 0. The molecule has 0 aliphatic carbocycles. The number of nitrogens with two attached hydrogens (primary N) is 1. The molecule has 0 unspecified atom stereocenters. The largest absolute Gasteiger partial charge is 0.394 e. The Morgan fingerprint density at radius 3 is 1.64 bits per heavy atom. The molecule has 6 N–H and O–H groups in total. The molecule has 0 rings (SSSR count). The average molecular weight is 234 g/mol. The highest BCUT2D eigenvalue weighted by molar-refractivity contribution is 7.83. The van der Waals surface area contributed by atoms with E-state index in [-0.39, 0.29) is 26.4 Å². The summed E-state index contributed by atoms with van der Waals surface area (Å²) in [5.74, 6) is 0. The zero-order valence-corrected chi connectivity index (χ0v) is 8.11. The van der Waals surface area contributed by atoms with Crippen molar-refractivity contribution in [3.63, 3.8) is 0 Å². The van der Waals surface area contributed by atoms with Crippen molar-refractivity contribution in [2.24, 2.45) is 5.14 Å². The van der Waals surface area contributed by atoms with Crippen LogP contribution >= 0.6 is 0 Å². The SMILES string of the molecule is NS(=O)(=O)O.OCCONOCCO. The van der Waals surface area contributed by atoms with Gasteiger partial charge in [0.1, 0.15) is 0 Å². The van der Waals surface area contributed by atoms with Gasteiger partial charge in [-0.15, -0.1) is 0 Å². The summed E-state index contributed by atoms with van der Waals surface area (Å²) in [4.78, 5) is 8.90. The van der Waals surface area contributed by atoms with E-state index >= 15 is 0 Å². The van der Waals surface area contributed by atoms with E-state index in [4.69, 9.17) is 23.2 Å². The predicted molar refractivity (Wildman–Crippen MR) is 44.9 cm³/mol. The van der Waals surface area contributed by atoms with Crippen molar-refractivity contribution in [3.05, 3.63) is 0 Å². The zero-order chi connectivity index (χ0) is 11.4. The van der Waals surface area contributed by atoms with Crippen molar-refractivity contribution in [2.75, 3.05) is 26.4 Å². The molecule has 0 bridgehead atoms. The molecule has 0 saturated carbocycles. The molecule has 0 aliphatic heterocycles. The summed E-state index contributed by atoms with van der Waals surface area (Å²) in [5.41, 5.74) is 2.07. The maximum Gasteiger partial charge on any atom is 0.330 e. The number of rotatable bonds is 6. The zero-order valence-electron chi connectivity index (χ0n) is 7.29. The molecule has 0 aliphatic rings. The van der Waals surface area contributed by atoms with Crippen LogP contribution in [0, 0.1) is 0 Å². The lowest BCUT2D eigenvalue weighted by Gasteiger charge is -2.01. The fraction of sp³-hybridized carbons (Fsp3) is 1.00. The van der Waals surface area contributed by atoms with Gasteiger partial charge in [0, 0.05) is 0 Å². The topological polar surface area (TPSA) is 151 Å². The van der Waals surface area contributed by atoms with Crippen LogP contribution in [-0.2, 0) is 20.0 Å². The lowest BCUT2D eigenvalue weighted by molar-refractivity contribution is -0.178. The van der Waals surface area contributed by atoms with E-state index in [2.05, 4.69) is 20.5 Å². The van der Waals surface area contributed by atoms with Crippen LogP contribution < -0.4 is 10.8 Å². The second-order valence-corrected chi connectivity index (χ2v) is 2.77. The predicted octanol–water partition coefficient (Wildman–Crippen LogP) is -2.83. The van der Waals surface area contributed by atoms with Gasteiger partial charge >= 0.3 is 10.3 Å². The van der Waals surface area contributed by atoms with E-state index in [0.717, 1.165) is 0 Å². The third kappa shape index (κ3) is 41.3. The normalized spacial score (nSPS) is 10.6. The molecule has 10 heteroatoms. The molecule has 0 atom stereocenters. The minimum absolute atomic E-state index is 0.0600. The Morgan fingerprint density at radius 2 is 1.43 bits per heavy atom. The van der Waals surface area contributed by atoms with Crippen LogP contribution in [0.2, 0.25) is 0 Å². The second-order valence-electron chi connectivity index (χ2n) is 1.74. The smallest absolute Gasteiger partial charge is 0.330 e. The minimum Gasteiger partial charge on any atom is -0.394 e. The Morgan fingerprint density at radius 1 is 1.14 bits per heavy atom. The Bertz CT molecular complexity index is 180. The van der Waals surface area contributed by atoms with Gasteiger partial charge in [-0.05, 0) is 0 Å². The highest BCUT2D eigenvalue weighted by Crippen LogP contribution is 1.67. The summed E-state index contributed by atoms with van der Waals surface area (Å²) in [6.45, 7) is 0.224. The van der Waals surface area contributed by atoms with Crippen LogP contribution in [0.5, 0.6) is 0 Å². The molecule has 0 radical (unpaired) electrons. The first-order valence-corrected chi connectivity index (χ1v) is 4.87. The first-order chi connectivity index (χ1) is 6.41. The molecule has 88 valence electrons. The quantitative estimate of drug-likeness (QED) is 0.187. The summed E-state index contributed by atoms with van der Waals surface area (Å²) in [6.07, 6.45) is 0. The van der Waals surface area contributed by atoms with E-state index in [1.54, 1.807) is 0 Å². The number of hydrogen-bond donors (Lipinski definition) is 5.